The lowest BCUT2D eigenvalue weighted by Gasteiger charge is -2.47. The van der Waals surface area contributed by atoms with Crippen LogP contribution in [0, 0.1) is 0 Å². The summed E-state index contributed by atoms with van der Waals surface area (Å²) in [5.74, 6) is -1.06. The molecule has 1 saturated heterocycles. The van der Waals surface area contributed by atoms with Crippen molar-refractivity contribution >= 4 is 33.1 Å². The Balaban J connectivity index is 1.36. The highest BCUT2D eigenvalue weighted by Crippen LogP contribution is 2.50. The number of alkyl halides is 3. The number of nitrogens with zero attached hydrogens (tertiary/aromatic N) is 2. The molecular weight excluding hydrogens is 509 g/mol. The average molecular weight is 529 g/mol. The number of carbonyl (C=O) groups is 1. The molecule has 1 spiro atoms. The maximum Gasteiger partial charge on any atom is 0.435 e. The van der Waals surface area contributed by atoms with Gasteiger partial charge < -0.3 is 14.5 Å². The molecule has 186 valence electrons. The summed E-state index contributed by atoms with van der Waals surface area (Å²) in [6.45, 7) is 0.636. The van der Waals surface area contributed by atoms with Gasteiger partial charge in [-0.05, 0) is 34.9 Å². The van der Waals surface area contributed by atoms with Crippen molar-refractivity contribution in [1.29, 1.82) is 0 Å². The lowest BCUT2D eigenvalue weighted by molar-refractivity contribution is -0.275. The Morgan fingerprint density at radius 2 is 1.94 bits per heavy atom. The molecule has 1 fully saturated rings. The molecule has 12 heteroatoms. The molecule has 0 radical (unpaired) electrons. The highest BCUT2D eigenvalue weighted by Gasteiger charge is 2.62. The van der Waals surface area contributed by atoms with Gasteiger partial charge in [0.15, 0.2) is 9.84 Å². The second-order valence-corrected chi connectivity index (χ2v) is 11.7. The number of carbonyl (C=O) groups excluding carboxylic acids is 1. The molecule has 35 heavy (non-hydrogen) atoms. The van der Waals surface area contributed by atoms with Gasteiger partial charge in [0.1, 0.15) is 11.4 Å². The van der Waals surface area contributed by atoms with Gasteiger partial charge in [0.05, 0.1) is 25.4 Å². The van der Waals surface area contributed by atoms with Crippen molar-refractivity contribution in [3.63, 3.8) is 0 Å². The molecule has 0 N–H and O–H groups in total. The molecule has 0 aromatic heterocycles. The maximum atomic E-state index is 14.2. The van der Waals surface area contributed by atoms with Gasteiger partial charge in [-0.1, -0.05) is 41.0 Å². The highest BCUT2D eigenvalue weighted by atomic mass is 35.5. The van der Waals surface area contributed by atoms with E-state index < -0.39 is 45.3 Å². The van der Waals surface area contributed by atoms with Gasteiger partial charge in [-0.2, -0.15) is 13.2 Å². The summed E-state index contributed by atoms with van der Waals surface area (Å²) in [5.41, 5.74) is -1.31. The topological polar surface area (TPSA) is 85.3 Å². The Morgan fingerprint density at radius 1 is 1.20 bits per heavy atom. The van der Waals surface area contributed by atoms with E-state index in [-0.39, 0.29) is 36.0 Å². The zero-order valence-corrected chi connectivity index (χ0v) is 20.0. The number of likely N-dealkylation sites (tertiary alicyclic amines) is 1. The van der Waals surface area contributed by atoms with Gasteiger partial charge >= 0.3 is 6.18 Å². The molecule has 3 aliphatic rings. The number of oxime groups is 1. The maximum absolute atomic E-state index is 14.2. The number of hydrogen-bond donors (Lipinski definition) is 0. The highest BCUT2D eigenvalue weighted by molar-refractivity contribution is 7.91. The zero-order chi connectivity index (χ0) is 25.2. The summed E-state index contributed by atoms with van der Waals surface area (Å²) in [6, 6.07) is 10.6. The summed E-state index contributed by atoms with van der Waals surface area (Å²) >= 11 is 5.93. The third-order valence-corrected chi connectivity index (χ3v) is 7.55. The number of halogens is 4. The fraction of sp³-hybridized carbons (Fsp3) is 0.391. The first-order valence-corrected chi connectivity index (χ1v) is 13.1. The van der Waals surface area contributed by atoms with E-state index in [9.17, 15) is 26.4 Å². The van der Waals surface area contributed by atoms with E-state index in [1.165, 1.54) is 29.2 Å². The quantitative estimate of drug-likeness (QED) is 0.606. The van der Waals surface area contributed by atoms with Crippen molar-refractivity contribution in [2.45, 2.75) is 30.4 Å². The monoisotopic (exact) mass is 528 g/mol. The second-order valence-electron chi connectivity index (χ2n) is 9.12. The molecule has 2 aromatic carbocycles. The molecular formula is C23H20ClF3N2O5S. The zero-order valence-electron chi connectivity index (χ0n) is 18.4. The molecule has 1 amide bonds. The van der Waals surface area contributed by atoms with Crippen LogP contribution in [0.2, 0.25) is 5.02 Å². The summed E-state index contributed by atoms with van der Waals surface area (Å²) in [4.78, 5) is 18.6. The number of sulfone groups is 1. The van der Waals surface area contributed by atoms with Gasteiger partial charge in [0.25, 0.3) is 5.60 Å². The van der Waals surface area contributed by atoms with Gasteiger partial charge in [-0.25, -0.2) is 8.42 Å². The van der Waals surface area contributed by atoms with Gasteiger partial charge in [0, 0.05) is 23.3 Å². The van der Waals surface area contributed by atoms with Crippen LogP contribution >= 0.6 is 11.6 Å². The number of ether oxygens (including phenoxy) is 1. The Labute approximate surface area is 204 Å². The predicted octanol–water partition coefficient (Wildman–Crippen LogP) is 3.53. The van der Waals surface area contributed by atoms with Crippen LogP contribution < -0.4 is 0 Å². The molecule has 5 rings (SSSR count). The van der Waals surface area contributed by atoms with Gasteiger partial charge in [-0.15, -0.1) is 0 Å². The minimum absolute atomic E-state index is 0.131. The van der Waals surface area contributed by atoms with Crippen molar-refractivity contribution in [3.8, 4) is 0 Å². The van der Waals surface area contributed by atoms with E-state index in [1.54, 1.807) is 18.2 Å². The first-order chi connectivity index (χ1) is 16.3. The van der Waals surface area contributed by atoms with E-state index >= 15 is 0 Å². The third-order valence-electron chi connectivity index (χ3n) is 6.54. The van der Waals surface area contributed by atoms with E-state index in [4.69, 9.17) is 21.2 Å². The lowest BCUT2D eigenvalue weighted by atomic mass is 9.83. The van der Waals surface area contributed by atoms with Crippen molar-refractivity contribution < 1.29 is 36.0 Å². The molecule has 2 aromatic rings. The molecule has 0 saturated carbocycles. The van der Waals surface area contributed by atoms with Crippen LogP contribution in [0.1, 0.15) is 28.7 Å². The number of amides is 1. The smallest absolute Gasteiger partial charge is 0.374 e. The van der Waals surface area contributed by atoms with Crippen LogP contribution in [0.25, 0.3) is 0 Å². The van der Waals surface area contributed by atoms with Crippen LogP contribution in [0.3, 0.4) is 0 Å². The van der Waals surface area contributed by atoms with E-state index in [0.29, 0.717) is 5.56 Å². The molecule has 7 nitrogen and oxygen atoms in total. The number of fused-ring (bicyclic) bond motifs is 2. The number of hydrogen-bond acceptors (Lipinski definition) is 6. The van der Waals surface area contributed by atoms with E-state index in [1.807, 2.05) is 0 Å². The molecule has 3 heterocycles. The minimum Gasteiger partial charge on any atom is -0.374 e. The van der Waals surface area contributed by atoms with E-state index in [2.05, 4.69) is 5.16 Å². The fourth-order valence-corrected chi connectivity index (χ4v) is 5.57. The first kappa shape index (κ1) is 24.1. The Morgan fingerprint density at radius 3 is 2.60 bits per heavy atom. The van der Waals surface area contributed by atoms with Gasteiger partial charge in [0.2, 0.25) is 5.91 Å². The third kappa shape index (κ3) is 4.09. The Hall–Kier alpha value is -2.63. The standard InChI is InChI=1S/C23H20ClF3N2O5S/c1-35(31,32)11-20(30)29-12-21(13-29)18-6-5-14(7-15(18)10-33-21)19-9-22(34-28-19,23(25,26)27)16-3-2-4-17(24)8-16/h2-8H,9-13H2,1H3/t22-/m0/s1. The fourth-order valence-electron chi connectivity index (χ4n) is 4.75. The van der Waals surface area contributed by atoms with Crippen molar-refractivity contribution in [1.82, 2.24) is 4.90 Å². The molecule has 0 aliphatic carbocycles. The molecule has 0 unspecified atom stereocenters. The van der Waals surface area contributed by atoms with Crippen molar-refractivity contribution in [2.75, 3.05) is 25.1 Å². The van der Waals surface area contributed by atoms with Crippen LogP contribution in [0.5, 0.6) is 0 Å². The van der Waals surface area contributed by atoms with Gasteiger partial charge in [-0.3, -0.25) is 4.79 Å². The molecule has 0 bridgehead atoms. The number of benzene rings is 2. The molecule has 3 aliphatic heterocycles. The van der Waals surface area contributed by atoms with Crippen LogP contribution in [-0.2, 0) is 42.0 Å². The van der Waals surface area contributed by atoms with Crippen LogP contribution in [0.4, 0.5) is 13.2 Å². The SMILES string of the molecule is CS(=O)(=O)CC(=O)N1CC2(C1)OCc1cc(C3=NO[C@@](c4cccc(Cl)c4)(C(F)(F)F)C3)ccc12. The van der Waals surface area contributed by atoms with E-state index in [0.717, 1.165) is 17.4 Å². The second kappa shape index (κ2) is 7.94. The van der Waals surface area contributed by atoms with Crippen LogP contribution in [0.15, 0.2) is 47.6 Å². The van der Waals surface area contributed by atoms with Crippen molar-refractivity contribution in [2.24, 2.45) is 5.16 Å². The minimum atomic E-state index is -4.74. The lowest BCUT2D eigenvalue weighted by Crippen LogP contribution is -2.62. The average Bonchev–Trinajstić information content (AvgIpc) is 3.34. The summed E-state index contributed by atoms with van der Waals surface area (Å²) < 4.78 is 71.3. The largest absolute Gasteiger partial charge is 0.435 e. The summed E-state index contributed by atoms with van der Waals surface area (Å²) in [6.07, 6.45) is -4.26. The van der Waals surface area contributed by atoms with Crippen LogP contribution in [-0.4, -0.2) is 56.2 Å². The first-order valence-electron chi connectivity index (χ1n) is 10.6. The molecule has 1 atom stereocenters. The predicted molar refractivity (Wildman–Crippen MR) is 121 cm³/mol. The van der Waals surface area contributed by atoms with Crippen molar-refractivity contribution in [3.05, 3.63) is 69.7 Å². The Bertz CT molecular complexity index is 1360. The summed E-state index contributed by atoms with van der Waals surface area (Å²) in [7, 11) is -3.44. The number of rotatable bonds is 4. The Kier molecular flexibility index (Phi) is 5.46. The summed E-state index contributed by atoms with van der Waals surface area (Å²) in [5, 5.41) is 3.96. The normalized spacial score (nSPS) is 23.0.